The van der Waals surface area contributed by atoms with Crippen molar-refractivity contribution in [1.82, 2.24) is 5.32 Å². The number of carbonyl (C=O) groups excluding carboxylic acids is 1. The molecule has 0 amide bonds. The zero-order chi connectivity index (χ0) is 9.68. The van der Waals surface area contributed by atoms with Gasteiger partial charge in [-0.2, -0.15) is 0 Å². The molecule has 1 aliphatic heterocycles. The van der Waals surface area contributed by atoms with Gasteiger partial charge in [0.05, 0.1) is 0 Å². The highest BCUT2D eigenvalue weighted by molar-refractivity contribution is 5.66. The normalized spacial score (nSPS) is 28.5. The fourth-order valence-corrected chi connectivity index (χ4v) is 1.68. The molecule has 1 saturated heterocycles. The summed E-state index contributed by atoms with van der Waals surface area (Å²) in [5.74, 6) is -0.213. The van der Waals surface area contributed by atoms with Crippen LogP contribution in [-0.2, 0) is 9.53 Å². The van der Waals surface area contributed by atoms with Gasteiger partial charge in [0, 0.05) is 19.6 Å². The van der Waals surface area contributed by atoms with Crippen molar-refractivity contribution in [2.24, 2.45) is 0 Å². The first-order valence-corrected chi connectivity index (χ1v) is 4.74. The minimum absolute atomic E-state index is 0.0373. The molecule has 0 bridgehead atoms. The molecule has 1 fully saturated rings. The number of carbonyl (C=O) groups is 1. The number of hydrogen-bond donors (Lipinski definition) is 2. The summed E-state index contributed by atoms with van der Waals surface area (Å²) in [7, 11) is 0. The van der Waals surface area contributed by atoms with Gasteiger partial charge in [-0.3, -0.25) is 4.79 Å². The van der Waals surface area contributed by atoms with Crippen LogP contribution in [0.25, 0.3) is 0 Å². The van der Waals surface area contributed by atoms with Gasteiger partial charge in [0.15, 0.2) is 0 Å². The Morgan fingerprint density at radius 1 is 1.69 bits per heavy atom. The molecule has 13 heavy (non-hydrogen) atoms. The van der Waals surface area contributed by atoms with Crippen molar-refractivity contribution < 1.29 is 14.6 Å². The van der Waals surface area contributed by atoms with E-state index in [1.54, 1.807) is 0 Å². The lowest BCUT2D eigenvalue weighted by Gasteiger charge is -2.29. The van der Waals surface area contributed by atoms with Gasteiger partial charge in [-0.25, -0.2) is 0 Å². The summed E-state index contributed by atoms with van der Waals surface area (Å²) in [6.07, 6.45) is 2.47. The standard InChI is InChI=1S/C9H17NO3/c1-7(12)13-9-2-4-10-8(6-9)3-5-11/h8-11H,2-6H2,1H3. The van der Waals surface area contributed by atoms with E-state index in [1.807, 2.05) is 0 Å². The van der Waals surface area contributed by atoms with Crippen molar-refractivity contribution >= 4 is 5.97 Å². The predicted molar refractivity (Wildman–Crippen MR) is 48.3 cm³/mol. The third-order valence-electron chi connectivity index (χ3n) is 2.26. The van der Waals surface area contributed by atoms with Crippen molar-refractivity contribution in [1.29, 1.82) is 0 Å². The quantitative estimate of drug-likeness (QED) is 0.613. The summed E-state index contributed by atoms with van der Waals surface area (Å²) in [6.45, 7) is 2.48. The third-order valence-corrected chi connectivity index (χ3v) is 2.26. The number of aliphatic hydroxyl groups excluding tert-OH is 1. The molecule has 0 aromatic rings. The summed E-state index contributed by atoms with van der Waals surface area (Å²) in [5.41, 5.74) is 0. The second-order valence-corrected chi connectivity index (χ2v) is 3.42. The van der Waals surface area contributed by atoms with Crippen molar-refractivity contribution in [3.63, 3.8) is 0 Å². The molecule has 2 atom stereocenters. The second kappa shape index (κ2) is 5.19. The number of ether oxygens (including phenoxy) is 1. The Labute approximate surface area is 78.3 Å². The van der Waals surface area contributed by atoms with E-state index in [9.17, 15) is 4.79 Å². The van der Waals surface area contributed by atoms with Gasteiger partial charge >= 0.3 is 5.97 Å². The molecule has 1 rings (SSSR count). The van der Waals surface area contributed by atoms with E-state index in [0.717, 1.165) is 25.8 Å². The average Bonchev–Trinajstić information content (AvgIpc) is 2.04. The van der Waals surface area contributed by atoms with Crippen LogP contribution in [0.4, 0.5) is 0 Å². The summed E-state index contributed by atoms with van der Waals surface area (Å²) in [4.78, 5) is 10.7. The maximum atomic E-state index is 10.7. The first-order chi connectivity index (χ1) is 6.22. The molecule has 1 aliphatic rings. The van der Waals surface area contributed by atoms with Crippen molar-refractivity contribution in [3.8, 4) is 0 Å². The van der Waals surface area contributed by atoms with Crippen LogP contribution in [0, 0.1) is 0 Å². The Bertz CT molecular complexity index is 170. The SMILES string of the molecule is CC(=O)OC1CCNC(CCO)C1. The number of hydrogen-bond acceptors (Lipinski definition) is 4. The summed E-state index contributed by atoms with van der Waals surface area (Å²) in [6, 6.07) is 0.295. The number of esters is 1. The van der Waals surface area contributed by atoms with Gasteiger partial charge in [0.1, 0.15) is 6.10 Å². The van der Waals surface area contributed by atoms with Gasteiger partial charge in [-0.15, -0.1) is 0 Å². The van der Waals surface area contributed by atoms with Crippen molar-refractivity contribution in [3.05, 3.63) is 0 Å². The van der Waals surface area contributed by atoms with Crippen LogP contribution in [0.15, 0.2) is 0 Å². The molecule has 1 heterocycles. The van der Waals surface area contributed by atoms with Crippen LogP contribution in [0.3, 0.4) is 0 Å². The van der Waals surface area contributed by atoms with Crippen LogP contribution >= 0.6 is 0 Å². The summed E-state index contributed by atoms with van der Waals surface area (Å²) < 4.78 is 5.11. The molecule has 0 saturated carbocycles. The van der Waals surface area contributed by atoms with Gasteiger partial charge < -0.3 is 15.2 Å². The third kappa shape index (κ3) is 3.74. The van der Waals surface area contributed by atoms with Gasteiger partial charge in [-0.1, -0.05) is 0 Å². The van der Waals surface area contributed by atoms with Crippen molar-refractivity contribution in [2.45, 2.75) is 38.3 Å². The van der Waals surface area contributed by atoms with E-state index in [-0.39, 0.29) is 18.7 Å². The van der Waals surface area contributed by atoms with Gasteiger partial charge in [-0.05, 0) is 25.8 Å². The lowest BCUT2D eigenvalue weighted by Crippen LogP contribution is -2.42. The molecule has 4 heteroatoms. The fourth-order valence-electron chi connectivity index (χ4n) is 1.68. The monoisotopic (exact) mass is 187 g/mol. The Kier molecular flexibility index (Phi) is 4.18. The Morgan fingerprint density at radius 3 is 3.08 bits per heavy atom. The first-order valence-electron chi connectivity index (χ1n) is 4.74. The molecule has 0 aromatic heterocycles. The molecule has 2 unspecified atom stereocenters. The number of piperidine rings is 1. The highest BCUT2D eigenvalue weighted by atomic mass is 16.5. The molecule has 0 aliphatic carbocycles. The zero-order valence-electron chi connectivity index (χ0n) is 7.95. The van der Waals surface area contributed by atoms with Crippen LogP contribution < -0.4 is 5.32 Å². The number of aliphatic hydroxyl groups is 1. The molecule has 0 aromatic carbocycles. The molecular weight excluding hydrogens is 170 g/mol. The molecule has 2 N–H and O–H groups in total. The first kappa shape index (κ1) is 10.5. The lowest BCUT2D eigenvalue weighted by molar-refractivity contribution is -0.147. The molecule has 76 valence electrons. The topological polar surface area (TPSA) is 58.6 Å². The second-order valence-electron chi connectivity index (χ2n) is 3.42. The van der Waals surface area contributed by atoms with Gasteiger partial charge in [0.2, 0.25) is 0 Å². The largest absolute Gasteiger partial charge is 0.462 e. The average molecular weight is 187 g/mol. The zero-order valence-corrected chi connectivity index (χ0v) is 7.95. The van der Waals surface area contributed by atoms with Gasteiger partial charge in [0.25, 0.3) is 0 Å². The highest BCUT2D eigenvalue weighted by Gasteiger charge is 2.22. The smallest absolute Gasteiger partial charge is 0.302 e. The molecule has 0 radical (unpaired) electrons. The predicted octanol–water partition coefficient (Wildman–Crippen LogP) is 0.0525. The van der Waals surface area contributed by atoms with Crippen LogP contribution in [0.5, 0.6) is 0 Å². The maximum Gasteiger partial charge on any atom is 0.302 e. The van der Waals surface area contributed by atoms with E-state index in [2.05, 4.69) is 5.32 Å². The van der Waals surface area contributed by atoms with Crippen LogP contribution in [0.1, 0.15) is 26.2 Å². The van der Waals surface area contributed by atoms with E-state index < -0.39 is 0 Å². The minimum atomic E-state index is -0.213. The Balaban J connectivity index is 2.28. The Morgan fingerprint density at radius 2 is 2.46 bits per heavy atom. The fraction of sp³-hybridized carbons (Fsp3) is 0.889. The van der Waals surface area contributed by atoms with Crippen LogP contribution in [-0.4, -0.2) is 36.4 Å². The van der Waals surface area contributed by atoms with Crippen LogP contribution in [0.2, 0.25) is 0 Å². The highest BCUT2D eigenvalue weighted by Crippen LogP contribution is 2.14. The summed E-state index contributed by atoms with van der Waals surface area (Å²) >= 11 is 0. The molecule has 4 nitrogen and oxygen atoms in total. The van der Waals surface area contributed by atoms with E-state index in [0.29, 0.717) is 6.04 Å². The number of rotatable bonds is 3. The molecule has 0 spiro atoms. The van der Waals surface area contributed by atoms with E-state index in [4.69, 9.17) is 9.84 Å². The molecular formula is C9H17NO3. The minimum Gasteiger partial charge on any atom is -0.462 e. The van der Waals surface area contributed by atoms with E-state index >= 15 is 0 Å². The lowest BCUT2D eigenvalue weighted by atomic mass is 10.00. The van der Waals surface area contributed by atoms with E-state index in [1.165, 1.54) is 6.92 Å². The Hall–Kier alpha value is -0.610. The summed E-state index contributed by atoms with van der Waals surface area (Å²) in [5, 5.41) is 12.0. The maximum absolute atomic E-state index is 10.7. The van der Waals surface area contributed by atoms with Crippen molar-refractivity contribution in [2.75, 3.05) is 13.2 Å². The number of nitrogens with one attached hydrogen (secondary N) is 1.